The number of hydrogen-bond acceptors (Lipinski definition) is 10. The Balaban J connectivity index is 1.39. The minimum atomic E-state index is -1.13. The molecule has 13 atom stereocenters. The van der Waals surface area contributed by atoms with E-state index in [1.807, 2.05) is 130 Å². The molecule has 2 fully saturated rings. The van der Waals surface area contributed by atoms with Crippen molar-refractivity contribution < 1.29 is 52.9 Å². The number of aliphatic carboxylic acids is 1. The fourth-order valence-electron chi connectivity index (χ4n) is 9.44. The van der Waals surface area contributed by atoms with Crippen LogP contribution in [0.25, 0.3) is 0 Å². The fraction of sp³-hybridized carbons (Fsp3) is 0.510. The van der Waals surface area contributed by atoms with Crippen LogP contribution in [0.3, 0.4) is 0 Å². The number of hydrogen-bond donors (Lipinski definition) is 2. The van der Waals surface area contributed by atoms with Gasteiger partial charge in [-0.25, -0.2) is 0 Å². The molecule has 4 aromatic rings. The zero-order valence-electron chi connectivity index (χ0n) is 37.6. The number of aliphatic hydroxyl groups is 1. The van der Waals surface area contributed by atoms with Crippen molar-refractivity contribution in [3.8, 4) is 11.5 Å². The van der Waals surface area contributed by atoms with Crippen molar-refractivity contribution in [3.05, 3.63) is 131 Å². The van der Waals surface area contributed by atoms with Gasteiger partial charge in [-0.2, -0.15) is 0 Å². The maximum Gasteiger partial charge on any atom is 0.308 e. The van der Waals surface area contributed by atoms with Gasteiger partial charge in [0.05, 0.1) is 69.5 Å². The van der Waals surface area contributed by atoms with Gasteiger partial charge in [0.15, 0.2) is 12.6 Å². The predicted molar refractivity (Wildman–Crippen MR) is 235 cm³/mol. The number of benzene rings is 4. The van der Waals surface area contributed by atoms with Crippen LogP contribution >= 0.6 is 0 Å². The molecule has 4 aromatic carbocycles. The predicted octanol–water partition coefficient (Wildman–Crippen LogP) is 9.71. The zero-order valence-corrected chi connectivity index (χ0v) is 37.6. The highest BCUT2D eigenvalue weighted by molar-refractivity contribution is 5.70. The normalized spacial score (nSPS) is 27.5. The first-order valence-electron chi connectivity index (χ1n) is 21.9. The minimum Gasteiger partial charge on any atom is -0.497 e. The van der Waals surface area contributed by atoms with Crippen molar-refractivity contribution in [2.45, 2.75) is 129 Å². The fourth-order valence-corrected chi connectivity index (χ4v) is 9.44. The molecule has 0 spiro atoms. The summed E-state index contributed by atoms with van der Waals surface area (Å²) in [6.45, 7) is 14.4. The Morgan fingerprint density at radius 2 is 1.11 bits per heavy atom. The number of ether oxygens (including phenoxy) is 8. The summed E-state index contributed by atoms with van der Waals surface area (Å²) < 4.78 is 52.3. The van der Waals surface area contributed by atoms with Crippen LogP contribution in [0.1, 0.15) is 96.1 Å². The van der Waals surface area contributed by atoms with Gasteiger partial charge < -0.3 is 48.1 Å². The molecule has 2 saturated heterocycles. The quantitative estimate of drug-likeness (QED) is 0.0935. The van der Waals surface area contributed by atoms with E-state index in [1.54, 1.807) is 21.1 Å². The number of aliphatic hydroxyl groups excluding tert-OH is 1. The van der Waals surface area contributed by atoms with Crippen LogP contribution in [0.4, 0.5) is 0 Å². The molecule has 0 radical (unpaired) electrons. The SMILES string of the molecule is CC[C@@H](O)[C@@](C)(OCc1ccccc1)[C@@H]1O[C@H](c2ccc(OC)cc2)O[C@@H]([C@H](C)C[C@@](C)(OCc2ccccc2)[C@@H]2O[C@H](c3ccc(OC)cc3)O[C@H]([C@@H](C)C(=O)O)[C@@H]2C)[C@@H]1C. The lowest BCUT2D eigenvalue weighted by atomic mass is 9.72. The third-order valence-corrected chi connectivity index (χ3v) is 13.1. The lowest BCUT2D eigenvalue weighted by Crippen LogP contribution is -2.61. The molecule has 2 heterocycles. The highest BCUT2D eigenvalue weighted by Gasteiger charge is 2.55. The summed E-state index contributed by atoms with van der Waals surface area (Å²) >= 11 is 0. The van der Waals surface area contributed by atoms with Gasteiger partial charge in [-0.05, 0) is 74.9 Å². The minimum absolute atomic E-state index is 0.191. The Hall–Kier alpha value is -4.33. The monoisotopic (exact) mass is 854 g/mol. The first-order valence-corrected chi connectivity index (χ1v) is 21.9. The Bertz CT molecular complexity index is 1980. The maximum atomic E-state index is 12.6. The summed E-state index contributed by atoms with van der Waals surface area (Å²) in [4.78, 5) is 12.6. The van der Waals surface area contributed by atoms with Gasteiger partial charge in [0.1, 0.15) is 17.1 Å². The molecule has 0 aliphatic carbocycles. The molecule has 62 heavy (non-hydrogen) atoms. The van der Waals surface area contributed by atoms with Crippen LogP contribution in [0.2, 0.25) is 0 Å². The van der Waals surface area contributed by atoms with E-state index in [9.17, 15) is 15.0 Å². The summed E-state index contributed by atoms with van der Waals surface area (Å²) in [5, 5.41) is 22.2. The molecule has 0 unspecified atom stereocenters. The standard InChI is InChI=1S/C51H66O11/c1-10-42(52)51(7,58-31-37-19-15-12-16-20-37)46-33(3)43(59-48(62-46)38-21-25-40(55-8)26-22-38)32(2)29-50(6,57-30-36-17-13-11-14-18-36)45-34(4)44(35(5)47(53)54)60-49(61-45)39-23-27-41(56-9)28-24-39/h11-28,32-35,42-46,48-49,52H,10,29-31H2,1-9H3,(H,53,54)/t32-,33+,34+,35-,42-,43+,44+,45-,46-,48-,49-,50-,51-/m1/s1. The van der Waals surface area contributed by atoms with Gasteiger partial charge in [0, 0.05) is 23.0 Å². The number of carbonyl (C=O) groups is 1. The van der Waals surface area contributed by atoms with E-state index < -0.39 is 72.1 Å². The zero-order chi connectivity index (χ0) is 44.6. The summed E-state index contributed by atoms with van der Waals surface area (Å²) in [6.07, 6.45) is -3.98. The van der Waals surface area contributed by atoms with Crippen molar-refractivity contribution in [1.82, 2.24) is 0 Å². The van der Waals surface area contributed by atoms with Crippen molar-refractivity contribution in [2.24, 2.45) is 23.7 Å². The largest absolute Gasteiger partial charge is 0.497 e. The van der Waals surface area contributed by atoms with Crippen LogP contribution in [0, 0.1) is 23.7 Å². The molecule has 0 saturated carbocycles. The van der Waals surface area contributed by atoms with Gasteiger partial charge in [-0.3, -0.25) is 4.79 Å². The Morgan fingerprint density at radius 3 is 1.58 bits per heavy atom. The number of carboxylic acid groups (broad SMARTS) is 1. The van der Waals surface area contributed by atoms with Crippen LogP contribution < -0.4 is 9.47 Å². The first-order chi connectivity index (χ1) is 29.7. The summed E-state index contributed by atoms with van der Waals surface area (Å²) in [6, 6.07) is 35.0. The van der Waals surface area contributed by atoms with Gasteiger partial charge in [-0.15, -0.1) is 0 Å². The van der Waals surface area contributed by atoms with Crippen LogP contribution in [-0.4, -0.2) is 72.1 Å². The van der Waals surface area contributed by atoms with Crippen molar-refractivity contribution in [2.75, 3.05) is 14.2 Å². The Morgan fingerprint density at radius 1 is 0.661 bits per heavy atom. The number of carboxylic acids is 1. The van der Waals surface area contributed by atoms with Gasteiger partial charge >= 0.3 is 5.97 Å². The van der Waals surface area contributed by atoms with E-state index in [-0.39, 0.29) is 18.4 Å². The molecule has 11 heteroatoms. The van der Waals surface area contributed by atoms with Crippen LogP contribution in [-0.2, 0) is 46.4 Å². The van der Waals surface area contributed by atoms with Crippen molar-refractivity contribution in [1.29, 1.82) is 0 Å². The highest BCUT2D eigenvalue weighted by atomic mass is 16.7. The molecule has 0 aromatic heterocycles. The first kappa shape index (κ1) is 47.2. The molecular weight excluding hydrogens is 789 g/mol. The van der Waals surface area contributed by atoms with Crippen molar-refractivity contribution in [3.63, 3.8) is 0 Å². The van der Waals surface area contributed by atoms with E-state index in [2.05, 4.69) is 20.8 Å². The van der Waals surface area contributed by atoms with Gasteiger partial charge in [0.2, 0.25) is 0 Å². The van der Waals surface area contributed by atoms with E-state index >= 15 is 0 Å². The molecule has 2 aliphatic rings. The van der Waals surface area contributed by atoms with Gasteiger partial charge in [-0.1, -0.05) is 113 Å². The molecule has 11 nitrogen and oxygen atoms in total. The molecule has 2 N–H and O–H groups in total. The summed E-state index contributed by atoms with van der Waals surface area (Å²) in [5.74, 6) is -1.27. The molecule has 0 amide bonds. The topological polar surface area (TPSA) is 131 Å². The smallest absolute Gasteiger partial charge is 0.308 e. The second kappa shape index (κ2) is 20.9. The lowest BCUT2D eigenvalue weighted by molar-refractivity contribution is -0.336. The van der Waals surface area contributed by atoms with E-state index in [4.69, 9.17) is 37.9 Å². The number of methoxy groups -OCH3 is 2. The second-order valence-corrected chi connectivity index (χ2v) is 17.5. The lowest BCUT2D eigenvalue weighted by Gasteiger charge is -2.53. The number of rotatable bonds is 19. The Kier molecular flexibility index (Phi) is 15.9. The average molecular weight is 855 g/mol. The van der Waals surface area contributed by atoms with Crippen LogP contribution in [0.5, 0.6) is 11.5 Å². The maximum absolute atomic E-state index is 12.6. The molecule has 6 rings (SSSR count). The second-order valence-electron chi connectivity index (χ2n) is 17.5. The van der Waals surface area contributed by atoms with Gasteiger partial charge in [0.25, 0.3) is 0 Å². The van der Waals surface area contributed by atoms with E-state index in [0.29, 0.717) is 30.9 Å². The molecule has 2 aliphatic heterocycles. The highest BCUT2D eigenvalue weighted by Crippen LogP contribution is 2.48. The van der Waals surface area contributed by atoms with E-state index in [1.165, 1.54) is 0 Å². The third-order valence-electron chi connectivity index (χ3n) is 13.1. The third kappa shape index (κ3) is 10.7. The average Bonchev–Trinajstić information content (AvgIpc) is 3.30. The summed E-state index contributed by atoms with van der Waals surface area (Å²) in [7, 11) is 3.24. The van der Waals surface area contributed by atoms with Crippen molar-refractivity contribution >= 4 is 5.97 Å². The Labute approximate surface area is 367 Å². The molecular formula is C51H66O11. The summed E-state index contributed by atoms with van der Waals surface area (Å²) in [5.41, 5.74) is 1.38. The van der Waals surface area contributed by atoms with Crippen LogP contribution in [0.15, 0.2) is 109 Å². The molecule has 0 bridgehead atoms. The molecule has 336 valence electrons. The van der Waals surface area contributed by atoms with E-state index in [0.717, 1.165) is 22.3 Å².